The topological polar surface area (TPSA) is 93.6 Å². The summed E-state index contributed by atoms with van der Waals surface area (Å²) < 4.78 is 19.0. The zero-order chi connectivity index (χ0) is 29.0. The van der Waals surface area contributed by atoms with E-state index in [1.807, 2.05) is 24.9 Å². The first-order chi connectivity index (χ1) is 18.6. The highest BCUT2D eigenvalue weighted by Crippen LogP contribution is 2.38. The van der Waals surface area contributed by atoms with Crippen LogP contribution in [0.25, 0.3) is 0 Å². The zero-order valence-electron chi connectivity index (χ0n) is 23.7. The van der Waals surface area contributed by atoms with E-state index in [0.29, 0.717) is 51.2 Å². The van der Waals surface area contributed by atoms with Crippen LogP contribution in [-0.4, -0.2) is 107 Å². The van der Waals surface area contributed by atoms with Crippen molar-refractivity contribution in [1.29, 1.82) is 0 Å². The van der Waals surface area contributed by atoms with Gasteiger partial charge >= 0.3 is 0 Å². The number of carbonyl (C=O) groups is 2. The van der Waals surface area contributed by atoms with Gasteiger partial charge in [0.05, 0.1) is 25.1 Å². The molecule has 3 unspecified atom stereocenters. The molecule has 10 heteroatoms. The molecule has 2 aliphatic rings. The van der Waals surface area contributed by atoms with Gasteiger partial charge in [-0.1, -0.05) is 44.9 Å². The lowest BCUT2D eigenvalue weighted by Gasteiger charge is -2.49. The first kappa shape index (κ1) is 33.2. The average Bonchev–Trinajstić information content (AvgIpc) is 3.01. The van der Waals surface area contributed by atoms with Crippen LogP contribution < -0.4 is 0 Å². The predicted molar refractivity (Wildman–Crippen MR) is 152 cm³/mol. The summed E-state index contributed by atoms with van der Waals surface area (Å²) in [6.07, 6.45) is 10.2. The van der Waals surface area contributed by atoms with Crippen molar-refractivity contribution in [3.63, 3.8) is 0 Å². The number of nitrogens with zero attached hydrogens (tertiary/aromatic N) is 3. The minimum Gasteiger partial charge on any atom is -0.503 e. The molecule has 2 rings (SSSR count). The van der Waals surface area contributed by atoms with Crippen LogP contribution in [0, 0.1) is 0 Å². The quantitative estimate of drug-likeness (QED) is 0.185. The van der Waals surface area contributed by atoms with Crippen molar-refractivity contribution in [3.05, 3.63) is 47.4 Å². The Bertz CT molecular complexity index is 953. The summed E-state index contributed by atoms with van der Waals surface area (Å²) in [6.45, 7) is 5.80. The third kappa shape index (κ3) is 8.98. The summed E-state index contributed by atoms with van der Waals surface area (Å²) in [5.74, 6) is -1.20. The summed E-state index contributed by atoms with van der Waals surface area (Å²) in [5.41, 5.74) is 0.632. The Labute approximate surface area is 237 Å². The molecule has 2 N–H and O–H groups in total. The minimum absolute atomic E-state index is 0.0209. The highest BCUT2D eigenvalue weighted by Gasteiger charge is 2.48. The molecule has 0 bridgehead atoms. The van der Waals surface area contributed by atoms with Crippen LogP contribution in [0.5, 0.6) is 0 Å². The number of likely N-dealkylation sites (N-methyl/N-ethyl adjacent to an activating group) is 1. The lowest BCUT2D eigenvalue weighted by atomic mass is 9.93. The molecule has 0 spiro atoms. The van der Waals surface area contributed by atoms with Gasteiger partial charge in [-0.05, 0) is 44.0 Å². The minimum atomic E-state index is -1.19. The van der Waals surface area contributed by atoms with E-state index in [1.54, 1.807) is 24.2 Å². The Morgan fingerprint density at radius 2 is 2.13 bits per heavy atom. The van der Waals surface area contributed by atoms with Crippen molar-refractivity contribution in [2.24, 2.45) is 0 Å². The number of carbonyl (C=O) groups excluding carboxylic acids is 2. The SMILES string of the molecule is CCCCC1(CC)N(CCOC)CC(=O)C/C(=C\CCN(C)CC2=CC(Cl)C(F)C=C2)N1C(=O)/C(O)=C/CO. The number of halogens is 2. The van der Waals surface area contributed by atoms with Crippen LogP contribution in [0.15, 0.2) is 47.4 Å². The molecular weight excluding hydrogens is 525 g/mol. The second kappa shape index (κ2) is 16.3. The molecule has 0 aromatic heterocycles. The van der Waals surface area contributed by atoms with Gasteiger partial charge in [-0.15, -0.1) is 11.6 Å². The number of ether oxygens (including phenoxy) is 1. The number of Topliss-reactive ketones (excluding diaryl/α,β-unsaturated/α-hetero) is 1. The van der Waals surface area contributed by atoms with Crippen molar-refractivity contribution in [2.45, 2.75) is 69.6 Å². The first-order valence-corrected chi connectivity index (χ1v) is 14.2. The number of methoxy groups -OCH3 is 1. The maximum absolute atomic E-state index is 13.7. The van der Waals surface area contributed by atoms with E-state index in [0.717, 1.165) is 24.5 Å². The summed E-state index contributed by atoms with van der Waals surface area (Å²) in [7, 11) is 3.54. The molecule has 39 heavy (non-hydrogen) atoms. The fraction of sp³-hybridized carbons (Fsp3) is 0.655. The largest absolute Gasteiger partial charge is 0.503 e. The highest BCUT2D eigenvalue weighted by molar-refractivity contribution is 6.22. The van der Waals surface area contributed by atoms with Crippen LogP contribution in [0.4, 0.5) is 4.39 Å². The molecule has 1 heterocycles. The van der Waals surface area contributed by atoms with Gasteiger partial charge in [0.2, 0.25) is 0 Å². The molecular formula is C29H45ClFN3O5. The number of ketones is 1. The predicted octanol–water partition coefficient (Wildman–Crippen LogP) is 4.11. The maximum Gasteiger partial charge on any atom is 0.294 e. The van der Waals surface area contributed by atoms with Crippen molar-refractivity contribution < 1.29 is 28.9 Å². The molecule has 3 atom stereocenters. The molecule has 1 saturated heterocycles. The van der Waals surface area contributed by atoms with E-state index >= 15 is 0 Å². The van der Waals surface area contributed by atoms with Crippen LogP contribution in [-0.2, 0) is 14.3 Å². The molecule has 1 aliphatic heterocycles. The third-order valence-corrected chi connectivity index (χ3v) is 7.69. The van der Waals surface area contributed by atoms with Gasteiger partial charge in [0.25, 0.3) is 5.91 Å². The van der Waals surface area contributed by atoms with E-state index in [-0.39, 0.29) is 18.7 Å². The molecule has 1 amide bonds. The lowest BCUT2D eigenvalue weighted by Crippen LogP contribution is -2.62. The number of unbranched alkanes of at least 4 members (excludes halogenated alkanes) is 1. The number of aliphatic hydroxyl groups excluding tert-OH is 2. The van der Waals surface area contributed by atoms with Crippen molar-refractivity contribution in [3.8, 4) is 0 Å². The number of allylic oxidation sites excluding steroid dienone is 3. The van der Waals surface area contributed by atoms with E-state index in [4.69, 9.17) is 16.3 Å². The zero-order valence-corrected chi connectivity index (χ0v) is 24.5. The van der Waals surface area contributed by atoms with Gasteiger partial charge in [0.15, 0.2) is 11.5 Å². The number of hydrogen-bond donors (Lipinski definition) is 2. The van der Waals surface area contributed by atoms with Gasteiger partial charge in [-0.3, -0.25) is 19.4 Å². The average molecular weight is 570 g/mol. The van der Waals surface area contributed by atoms with E-state index in [2.05, 4.69) is 11.8 Å². The monoisotopic (exact) mass is 569 g/mol. The van der Waals surface area contributed by atoms with E-state index < -0.39 is 35.5 Å². The third-order valence-electron chi connectivity index (χ3n) is 7.32. The van der Waals surface area contributed by atoms with Gasteiger partial charge in [0, 0.05) is 38.9 Å². The standard InChI is InChI=1S/C29H45ClFN3O5/c1-5-7-13-29(6-2)33(15-17-39-4)21-24(36)19-23(34(29)28(38)27(37)12-16-35)9-8-14-32(3)20-22-10-11-26(31)25(30)18-22/h9-12,18,25-26,35,37H,5-8,13-17,19-21H2,1-4H3/b23-9+,27-12-. The Kier molecular flexibility index (Phi) is 13.8. The van der Waals surface area contributed by atoms with E-state index in [9.17, 15) is 24.2 Å². The van der Waals surface area contributed by atoms with Gasteiger partial charge < -0.3 is 19.8 Å². The lowest BCUT2D eigenvalue weighted by molar-refractivity contribution is -0.144. The molecule has 220 valence electrons. The smallest absolute Gasteiger partial charge is 0.294 e. The Morgan fingerprint density at radius 3 is 2.74 bits per heavy atom. The second-order valence-corrected chi connectivity index (χ2v) is 10.7. The van der Waals surface area contributed by atoms with Crippen molar-refractivity contribution in [1.82, 2.24) is 14.7 Å². The summed E-state index contributed by atoms with van der Waals surface area (Å²) in [6, 6.07) is 0. The highest BCUT2D eigenvalue weighted by atomic mass is 35.5. The summed E-state index contributed by atoms with van der Waals surface area (Å²) in [5, 5.41) is 19.3. The van der Waals surface area contributed by atoms with Gasteiger partial charge in [-0.2, -0.15) is 0 Å². The second-order valence-electron chi connectivity index (χ2n) is 10.2. The molecule has 1 fully saturated rings. The van der Waals surface area contributed by atoms with Crippen LogP contribution in [0.1, 0.15) is 52.4 Å². The number of rotatable bonds is 14. The number of amides is 1. The number of aliphatic hydroxyl groups is 2. The normalized spacial score (nSPS) is 25.9. The molecule has 0 saturated carbocycles. The maximum atomic E-state index is 13.7. The Hall–Kier alpha value is -2.04. The Balaban J connectivity index is 2.42. The molecule has 0 radical (unpaired) electrons. The number of alkyl halides is 2. The van der Waals surface area contributed by atoms with Gasteiger partial charge in [0.1, 0.15) is 11.8 Å². The van der Waals surface area contributed by atoms with E-state index in [1.165, 1.54) is 6.08 Å². The Morgan fingerprint density at radius 1 is 1.38 bits per heavy atom. The fourth-order valence-electron chi connectivity index (χ4n) is 5.28. The van der Waals surface area contributed by atoms with Crippen molar-refractivity contribution >= 4 is 23.3 Å². The number of hydrogen-bond acceptors (Lipinski definition) is 7. The first-order valence-electron chi connectivity index (χ1n) is 13.8. The fourth-order valence-corrected chi connectivity index (χ4v) is 5.52. The molecule has 8 nitrogen and oxygen atoms in total. The molecule has 0 aromatic carbocycles. The molecule has 0 aromatic rings. The van der Waals surface area contributed by atoms with Crippen LogP contribution >= 0.6 is 11.6 Å². The van der Waals surface area contributed by atoms with Crippen LogP contribution in [0.3, 0.4) is 0 Å². The molecule has 1 aliphatic carbocycles. The summed E-state index contributed by atoms with van der Waals surface area (Å²) in [4.78, 5) is 32.6. The summed E-state index contributed by atoms with van der Waals surface area (Å²) >= 11 is 6.04. The van der Waals surface area contributed by atoms with Gasteiger partial charge in [-0.25, -0.2) is 4.39 Å². The van der Waals surface area contributed by atoms with Crippen LogP contribution in [0.2, 0.25) is 0 Å². The van der Waals surface area contributed by atoms with Crippen molar-refractivity contribution in [2.75, 3.05) is 53.6 Å².